The summed E-state index contributed by atoms with van der Waals surface area (Å²) in [6.45, 7) is 0.246. The molecule has 3 rings (SSSR count). The average molecular weight is 439 g/mol. The van der Waals surface area contributed by atoms with Gasteiger partial charge >= 0.3 is 0 Å². The first-order valence-electron chi connectivity index (χ1n) is 8.19. The van der Waals surface area contributed by atoms with Gasteiger partial charge < -0.3 is 9.73 Å². The van der Waals surface area contributed by atoms with Crippen LogP contribution in [-0.4, -0.2) is 14.3 Å². The van der Waals surface area contributed by atoms with Gasteiger partial charge in [0.1, 0.15) is 10.7 Å². The number of nitrogens with one attached hydrogen (secondary N) is 2. The number of carbonyl (C=O) groups excluding carboxylic acids is 1. The molecule has 0 aliphatic heterocycles. The van der Waals surface area contributed by atoms with Gasteiger partial charge in [-0.3, -0.25) is 4.79 Å². The molecule has 1 amide bonds. The third-order valence-electron chi connectivity index (χ3n) is 3.87. The van der Waals surface area contributed by atoms with Crippen molar-refractivity contribution in [2.24, 2.45) is 0 Å². The normalized spacial score (nSPS) is 11.4. The molecule has 0 saturated heterocycles. The molecule has 0 saturated carbocycles. The van der Waals surface area contributed by atoms with Gasteiger partial charge in [0.2, 0.25) is 10.0 Å². The zero-order valence-electron chi connectivity index (χ0n) is 14.5. The number of amides is 1. The van der Waals surface area contributed by atoms with Gasteiger partial charge in [0, 0.05) is 17.1 Å². The second-order valence-electron chi connectivity index (χ2n) is 5.86. The molecule has 3 aromatic rings. The Kier molecular flexibility index (Phi) is 6.41. The fourth-order valence-corrected chi connectivity index (χ4v) is 4.04. The Morgan fingerprint density at radius 1 is 1.00 bits per heavy atom. The molecular formula is C19H16Cl2N2O4S. The SMILES string of the molecule is O=C(NCc1ccc(Cl)cc1)c1ccc(Cl)c(S(=O)(=O)NCc2ccco2)c1. The van der Waals surface area contributed by atoms with Crippen LogP contribution in [0.15, 0.2) is 70.2 Å². The number of benzene rings is 2. The largest absolute Gasteiger partial charge is 0.468 e. The van der Waals surface area contributed by atoms with E-state index in [4.69, 9.17) is 27.6 Å². The molecule has 0 radical (unpaired) electrons. The Hall–Kier alpha value is -2.32. The molecule has 1 heterocycles. The van der Waals surface area contributed by atoms with E-state index in [9.17, 15) is 13.2 Å². The first-order valence-corrected chi connectivity index (χ1v) is 10.4. The van der Waals surface area contributed by atoms with Gasteiger partial charge in [-0.25, -0.2) is 13.1 Å². The van der Waals surface area contributed by atoms with Gasteiger partial charge in [0.05, 0.1) is 17.8 Å². The molecule has 146 valence electrons. The summed E-state index contributed by atoms with van der Waals surface area (Å²) in [4.78, 5) is 12.2. The van der Waals surface area contributed by atoms with E-state index in [2.05, 4.69) is 10.0 Å². The number of hydrogen-bond donors (Lipinski definition) is 2. The Labute approximate surface area is 172 Å². The van der Waals surface area contributed by atoms with Crippen LogP contribution >= 0.6 is 23.2 Å². The molecule has 9 heteroatoms. The Bertz CT molecular complexity index is 1070. The van der Waals surface area contributed by atoms with Gasteiger partial charge in [-0.2, -0.15) is 0 Å². The van der Waals surface area contributed by atoms with Crippen molar-refractivity contribution in [2.45, 2.75) is 18.0 Å². The third kappa shape index (κ3) is 5.14. The van der Waals surface area contributed by atoms with Crippen LogP contribution in [0.4, 0.5) is 0 Å². The molecule has 0 fully saturated rings. The van der Waals surface area contributed by atoms with Crippen molar-refractivity contribution in [3.05, 3.63) is 87.8 Å². The summed E-state index contributed by atoms with van der Waals surface area (Å²) in [5.41, 5.74) is 1.04. The van der Waals surface area contributed by atoms with Crippen LogP contribution in [0.3, 0.4) is 0 Å². The van der Waals surface area contributed by atoms with E-state index >= 15 is 0 Å². The lowest BCUT2D eigenvalue weighted by Crippen LogP contribution is -2.25. The highest BCUT2D eigenvalue weighted by Gasteiger charge is 2.20. The molecule has 6 nitrogen and oxygen atoms in total. The number of hydrogen-bond acceptors (Lipinski definition) is 4. The Morgan fingerprint density at radius 3 is 2.43 bits per heavy atom. The quantitative estimate of drug-likeness (QED) is 0.583. The van der Waals surface area contributed by atoms with Gasteiger partial charge in [0.15, 0.2) is 0 Å². The lowest BCUT2D eigenvalue weighted by Gasteiger charge is -2.10. The molecule has 0 atom stereocenters. The summed E-state index contributed by atoms with van der Waals surface area (Å²) in [5.74, 6) is 0.0330. The predicted octanol–water partition coefficient (Wildman–Crippen LogP) is 3.99. The van der Waals surface area contributed by atoms with Gasteiger partial charge in [-0.15, -0.1) is 0 Å². The van der Waals surface area contributed by atoms with Crippen LogP contribution in [0, 0.1) is 0 Å². The first-order chi connectivity index (χ1) is 13.3. The standard InChI is InChI=1S/C19H16Cl2N2O4S/c20-15-6-3-13(4-7-15)11-22-19(24)14-5-8-17(21)18(10-14)28(25,26)23-12-16-2-1-9-27-16/h1-10,23H,11-12H2,(H,22,24). The highest BCUT2D eigenvalue weighted by Crippen LogP contribution is 2.23. The second kappa shape index (κ2) is 8.79. The van der Waals surface area contributed by atoms with Crippen LogP contribution in [0.5, 0.6) is 0 Å². The third-order valence-corrected chi connectivity index (χ3v) is 6.00. The minimum atomic E-state index is -3.93. The summed E-state index contributed by atoms with van der Waals surface area (Å²) in [6, 6.07) is 14.4. The van der Waals surface area contributed by atoms with E-state index < -0.39 is 15.9 Å². The average Bonchev–Trinajstić information content (AvgIpc) is 3.20. The number of rotatable bonds is 7. The summed E-state index contributed by atoms with van der Waals surface area (Å²) < 4.78 is 32.6. The first kappa shape index (κ1) is 20.4. The molecular weight excluding hydrogens is 423 g/mol. The van der Waals surface area contributed by atoms with Gasteiger partial charge in [-0.05, 0) is 48.0 Å². The van der Waals surface area contributed by atoms with Crippen molar-refractivity contribution >= 4 is 39.1 Å². The molecule has 0 spiro atoms. The number of halogens is 2. The highest BCUT2D eigenvalue weighted by atomic mass is 35.5. The molecule has 0 aliphatic rings. The fraction of sp³-hybridized carbons (Fsp3) is 0.105. The van der Waals surface area contributed by atoms with E-state index in [-0.39, 0.29) is 28.6 Å². The van der Waals surface area contributed by atoms with Gasteiger partial charge in [-0.1, -0.05) is 35.3 Å². The smallest absolute Gasteiger partial charge is 0.251 e. The maximum absolute atomic E-state index is 12.6. The van der Waals surface area contributed by atoms with E-state index in [0.29, 0.717) is 10.8 Å². The molecule has 0 bridgehead atoms. The molecule has 2 aromatic carbocycles. The number of sulfonamides is 1. The molecule has 0 unspecified atom stereocenters. The summed E-state index contributed by atoms with van der Waals surface area (Å²) in [6.07, 6.45) is 1.45. The fourth-order valence-electron chi connectivity index (χ4n) is 2.39. The van der Waals surface area contributed by atoms with Crippen LogP contribution in [-0.2, 0) is 23.1 Å². The Balaban J connectivity index is 1.72. The van der Waals surface area contributed by atoms with Crippen molar-refractivity contribution in [3.8, 4) is 0 Å². The van der Waals surface area contributed by atoms with E-state index in [1.807, 2.05) is 0 Å². The van der Waals surface area contributed by atoms with Crippen molar-refractivity contribution < 1.29 is 17.6 Å². The zero-order chi connectivity index (χ0) is 20.1. The summed E-state index contributed by atoms with van der Waals surface area (Å²) >= 11 is 11.9. The van der Waals surface area contributed by atoms with E-state index in [1.54, 1.807) is 36.4 Å². The predicted molar refractivity (Wildman–Crippen MR) is 107 cm³/mol. The lowest BCUT2D eigenvalue weighted by atomic mass is 10.2. The molecule has 0 aliphatic carbocycles. The van der Waals surface area contributed by atoms with Crippen LogP contribution in [0.2, 0.25) is 10.0 Å². The summed E-state index contributed by atoms with van der Waals surface area (Å²) in [5, 5.41) is 3.35. The minimum absolute atomic E-state index is 0.0150. The maximum atomic E-state index is 12.6. The minimum Gasteiger partial charge on any atom is -0.468 e. The van der Waals surface area contributed by atoms with Crippen molar-refractivity contribution in [1.82, 2.24) is 10.0 Å². The van der Waals surface area contributed by atoms with Crippen molar-refractivity contribution in [3.63, 3.8) is 0 Å². The second-order valence-corrected chi connectivity index (χ2v) is 8.44. The zero-order valence-corrected chi connectivity index (χ0v) is 16.8. The van der Waals surface area contributed by atoms with Gasteiger partial charge in [0.25, 0.3) is 5.91 Å². The van der Waals surface area contributed by atoms with E-state index in [1.165, 1.54) is 24.5 Å². The molecule has 1 aromatic heterocycles. The van der Waals surface area contributed by atoms with Crippen LogP contribution in [0.1, 0.15) is 21.7 Å². The summed E-state index contributed by atoms with van der Waals surface area (Å²) in [7, 11) is -3.93. The highest BCUT2D eigenvalue weighted by molar-refractivity contribution is 7.89. The number of furan rings is 1. The topological polar surface area (TPSA) is 88.4 Å². The van der Waals surface area contributed by atoms with Crippen LogP contribution in [0.25, 0.3) is 0 Å². The monoisotopic (exact) mass is 438 g/mol. The molecule has 2 N–H and O–H groups in total. The maximum Gasteiger partial charge on any atom is 0.251 e. The van der Waals surface area contributed by atoms with Crippen LogP contribution < -0.4 is 10.0 Å². The lowest BCUT2D eigenvalue weighted by molar-refractivity contribution is 0.0950. The number of carbonyl (C=O) groups is 1. The Morgan fingerprint density at radius 2 is 1.75 bits per heavy atom. The van der Waals surface area contributed by atoms with Crippen molar-refractivity contribution in [2.75, 3.05) is 0 Å². The molecule has 28 heavy (non-hydrogen) atoms. The van der Waals surface area contributed by atoms with Crippen molar-refractivity contribution in [1.29, 1.82) is 0 Å². The van der Waals surface area contributed by atoms with E-state index in [0.717, 1.165) is 5.56 Å².